The van der Waals surface area contributed by atoms with Crippen LogP contribution in [0.3, 0.4) is 0 Å². The maximum atomic E-state index is 9.89. The third-order valence-corrected chi connectivity index (χ3v) is 2.54. The van der Waals surface area contributed by atoms with Crippen molar-refractivity contribution in [1.29, 1.82) is 0 Å². The lowest BCUT2D eigenvalue weighted by Gasteiger charge is -2.16. The Labute approximate surface area is 91.1 Å². The molecule has 0 aromatic heterocycles. The Balaban J connectivity index is 3.04. The molecule has 0 aliphatic rings. The van der Waals surface area contributed by atoms with E-state index in [1.807, 2.05) is 33.0 Å². The SMILES string of the molecule is CNCC(O)c1cc(C)c(OC)cc1C. The van der Waals surface area contributed by atoms with Crippen LogP contribution in [0.15, 0.2) is 12.1 Å². The lowest BCUT2D eigenvalue weighted by Crippen LogP contribution is -2.17. The number of benzene rings is 1. The Kier molecular flexibility index (Phi) is 4.12. The van der Waals surface area contributed by atoms with Crippen LogP contribution in [0.25, 0.3) is 0 Å². The van der Waals surface area contributed by atoms with Gasteiger partial charge in [-0.1, -0.05) is 0 Å². The molecule has 0 fully saturated rings. The molecular weight excluding hydrogens is 190 g/mol. The number of hydrogen-bond acceptors (Lipinski definition) is 3. The molecule has 84 valence electrons. The van der Waals surface area contributed by atoms with E-state index in [1.54, 1.807) is 7.11 Å². The minimum absolute atomic E-state index is 0.459. The first kappa shape index (κ1) is 12.0. The molecule has 0 saturated heterocycles. The van der Waals surface area contributed by atoms with Gasteiger partial charge in [-0.2, -0.15) is 0 Å². The molecule has 1 rings (SSSR count). The van der Waals surface area contributed by atoms with E-state index in [4.69, 9.17) is 4.74 Å². The summed E-state index contributed by atoms with van der Waals surface area (Å²) in [5.74, 6) is 0.868. The van der Waals surface area contributed by atoms with Gasteiger partial charge >= 0.3 is 0 Å². The monoisotopic (exact) mass is 209 g/mol. The fraction of sp³-hybridized carbons (Fsp3) is 0.500. The summed E-state index contributed by atoms with van der Waals surface area (Å²) in [5.41, 5.74) is 3.07. The van der Waals surface area contributed by atoms with Gasteiger partial charge in [0.05, 0.1) is 13.2 Å². The third-order valence-electron chi connectivity index (χ3n) is 2.54. The number of ether oxygens (including phenoxy) is 1. The highest BCUT2D eigenvalue weighted by atomic mass is 16.5. The van der Waals surface area contributed by atoms with Gasteiger partial charge in [-0.25, -0.2) is 0 Å². The minimum Gasteiger partial charge on any atom is -0.496 e. The summed E-state index contributed by atoms with van der Waals surface area (Å²) < 4.78 is 5.22. The number of aryl methyl sites for hydroxylation is 2. The molecule has 0 spiro atoms. The van der Waals surface area contributed by atoms with Gasteiger partial charge in [0, 0.05) is 6.54 Å². The van der Waals surface area contributed by atoms with E-state index in [2.05, 4.69) is 5.32 Å². The van der Waals surface area contributed by atoms with Crippen LogP contribution in [0.2, 0.25) is 0 Å². The lowest BCUT2D eigenvalue weighted by molar-refractivity contribution is 0.177. The summed E-state index contributed by atoms with van der Waals surface area (Å²) in [7, 11) is 3.49. The standard InChI is InChI=1S/C12H19NO2/c1-8-6-12(15-4)9(2)5-10(8)11(14)7-13-3/h5-6,11,13-14H,7H2,1-4H3. The number of hydrogen-bond donors (Lipinski definition) is 2. The average molecular weight is 209 g/mol. The van der Waals surface area contributed by atoms with Gasteiger partial charge in [0.2, 0.25) is 0 Å². The molecule has 0 aliphatic heterocycles. The molecule has 0 aliphatic carbocycles. The third kappa shape index (κ3) is 2.70. The number of rotatable bonds is 4. The van der Waals surface area contributed by atoms with Crippen molar-refractivity contribution in [2.24, 2.45) is 0 Å². The molecular formula is C12H19NO2. The van der Waals surface area contributed by atoms with E-state index in [1.165, 1.54) is 0 Å². The van der Waals surface area contributed by atoms with E-state index in [0.717, 1.165) is 22.4 Å². The van der Waals surface area contributed by atoms with Crippen LogP contribution in [0.4, 0.5) is 0 Å². The molecule has 1 atom stereocenters. The molecule has 0 heterocycles. The normalized spacial score (nSPS) is 12.6. The van der Waals surface area contributed by atoms with Crippen molar-refractivity contribution in [2.45, 2.75) is 20.0 Å². The van der Waals surface area contributed by atoms with Crippen LogP contribution in [-0.2, 0) is 0 Å². The van der Waals surface area contributed by atoms with Gasteiger partial charge in [-0.3, -0.25) is 0 Å². The summed E-state index contributed by atoms with van der Waals surface area (Å²) in [6.07, 6.45) is -0.459. The molecule has 1 aromatic carbocycles. The van der Waals surface area contributed by atoms with Crippen molar-refractivity contribution in [1.82, 2.24) is 5.32 Å². The van der Waals surface area contributed by atoms with Crippen molar-refractivity contribution in [3.63, 3.8) is 0 Å². The number of nitrogens with one attached hydrogen (secondary N) is 1. The molecule has 0 radical (unpaired) electrons. The second kappa shape index (κ2) is 5.14. The fourth-order valence-electron chi connectivity index (χ4n) is 1.69. The average Bonchev–Trinajstić information content (AvgIpc) is 2.21. The number of methoxy groups -OCH3 is 1. The zero-order chi connectivity index (χ0) is 11.4. The van der Waals surface area contributed by atoms with Crippen molar-refractivity contribution >= 4 is 0 Å². The fourth-order valence-corrected chi connectivity index (χ4v) is 1.69. The largest absolute Gasteiger partial charge is 0.496 e. The zero-order valence-corrected chi connectivity index (χ0v) is 9.79. The topological polar surface area (TPSA) is 41.5 Å². The first-order chi connectivity index (χ1) is 7.10. The minimum atomic E-state index is -0.459. The predicted molar refractivity (Wildman–Crippen MR) is 61.4 cm³/mol. The maximum Gasteiger partial charge on any atom is 0.122 e. The van der Waals surface area contributed by atoms with E-state index < -0.39 is 6.10 Å². The summed E-state index contributed by atoms with van der Waals surface area (Å²) in [6.45, 7) is 4.52. The maximum absolute atomic E-state index is 9.89. The molecule has 3 heteroatoms. The van der Waals surface area contributed by atoms with Crippen LogP contribution < -0.4 is 10.1 Å². The summed E-state index contributed by atoms with van der Waals surface area (Å²) in [6, 6.07) is 3.94. The Bertz CT molecular complexity index is 337. The highest BCUT2D eigenvalue weighted by Gasteiger charge is 2.11. The first-order valence-electron chi connectivity index (χ1n) is 5.08. The van der Waals surface area contributed by atoms with Crippen LogP contribution >= 0.6 is 0 Å². The van der Waals surface area contributed by atoms with Crippen molar-refractivity contribution < 1.29 is 9.84 Å². The van der Waals surface area contributed by atoms with Crippen LogP contribution in [-0.4, -0.2) is 25.8 Å². The summed E-state index contributed by atoms with van der Waals surface area (Å²) in [5, 5.41) is 12.8. The molecule has 15 heavy (non-hydrogen) atoms. The molecule has 1 unspecified atom stereocenters. The second-order valence-corrected chi connectivity index (χ2v) is 3.75. The van der Waals surface area contributed by atoms with Gasteiger partial charge in [-0.05, 0) is 49.7 Å². The molecule has 0 bridgehead atoms. The zero-order valence-electron chi connectivity index (χ0n) is 9.79. The highest BCUT2D eigenvalue weighted by molar-refractivity contribution is 5.42. The first-order valence-corrected chi connectivity index (χ1v) is 5.08. The Morgan fingerprint density at radius 1 is 1.33 bits per heavy atom. The van der Waals surface area contributed by atoms with Crippen LogP contribution in [0.5, 0.6) is 5.75 Å². The van der Waals surface area contributed by atoms with E-state index >= 15 is 0 Å². The quantitative estimate of drug-likeness (QED) is 0.790. The molecule has 3 nitrogen and oxygen atoms in total. The predicted octanol–water partition coefficient (Wildman–Crippen LogP) is 1.56. The van der Waals surface area contributed by atoms with Crippen LogP contribution in [0.1, 0.15) is 22.8 Å². The Morgan fingerprint density at radius 3 is 2.53 bits per heavy atom. The Morgan fingerprint density at radius 2 is 2.00 bits per heavy atom. The highest BCUT2D eigenvalue weighted by Crippen LogP contribution is 2.26. The van der Waals surface area contributed by atoms with Gasteiger partial charge < -0.3 is 15.2 Å². The number of aliphatic hydroxyl groups is 1. The second-order valence-electron chi connectivity index (χ2n) is 3.75. The van der Waals surface area contributed by atoms with Crippen molar-refractivity contribution in [3.05, 3.63) is 28.8 Å². The summed E-state index contributed by atoms with van der Waals surface area (Å²) >= 11 is 0. The van der Waals surface area contributed by atoms with Crippen molar-refractivity contribution in [3.8, 4) is 5.75 Å². The van der Waals surface area contributed by atoms with Gasteiger partial charge in [0.1, 0.15) is 5.75 Å². The smallest absolute Gasteiger partial charge is 0.122 e. The lowest BCUT2D eigenvalue weighted by atomic mass is 10.00. The van der Waals surface area contributed by atoms with Gasteiger partial charge in [-0.15, -0.1) is 0 Å². The Hall–Kier alpha value is -1.06. The molecule has 0 amide bonds. The van der Waals surface area contributed by atoms with E-state index in [9.17, 15) is 5.11 Å². The molecule has 1 aromatic rings. The number of aliphatic hydroxyl groups excluding tert-OH is 1. The van der Waals surface area contributed by atoms with Crippen molar-refractivity contribution in [2.75, 3.05) is 20.7 Å². The summed E-state index contributed by atoms with van der Waals surface area (Å²) in [4.78, 5) is 0. The van der Waals surface area contributed by atoms with E-state index in [-0.39, 0.29) is 0 Å². The van der Waals surface area contributed by atoms with Gasteiger partial charge in [0.15, 0.2) is 0 Å². The van der Waals surface area contributed by atoms with E-state index in [0.29, 0.717) is 6.54 Å². The molecule has 0 saturated carbocycles. The van der Waals surface area contributed by atoms with Gasteiger partial charge in [0.25, 0.3) is 0 Å². The molecule has 2 N–H and O–H groups in total. The van der Waals surface area contributed by atoms with Crippen LogP contribution in [0, 0.1) is 13.8 Å². The number of likely N-dealkylation sites (N-methyl/N-ethyl adjacent to an activating group) is 1.